The summed E-state index contributed by atoms with van der Waals surface area (Å²) in [6.07, 6.45) is 0. The first kappa shape index (κ1) is 15.6. The second-order valence-electron chi connectivity index (χ2n) is 5.40. The molecular formula is C18H14N4O2S. The Morgan fingerprint density at radius 2 is 1.56 bits per heavy atom. The number of hydrogen-bond donors (Lipinski definition) is 0. The number of rotatable bonds is 5. The zero-order valence-corrected chi connectivity index (χ0v) is 14.2. The molecule has 7 heteroatoms. The predicted octanol–water partition coefficient (Wildman–Crippen LogP) is 4.39. The summed E-state index contributed by atoms with van der Waals surface area (Å²) in [5, 5.41) is 16.7. The molecule has 0 saturated heterocycles. The van der Waals surface area contributed by atoms with Gasteiger partial charge >= 0.3 is 0 Å². The maximum absolute atomic E-state index is 5.69. The van der Waals surface area contributed by atoms with Gasteiger partial charge in [0.2, 0.25) is 17.7 Å². The molecule has 2 heterocycles. The van der Waals surface area contributed by atoms with E-state index < -0.39 is 0 Å². The smallest absolute Gasteiger partial charge is 0.277 e. The molecule has 0 atom stereocenters. The van der Waals surface area contributed by atoms with Gasteiger partial charge in [-0.25, -0.2) is 0 Å². The van der Waals surface area contributed by atoms with Crippen LogP contribution in [0.15, 0.2) is 68.7 Å². The Bertz CT molecular complexity index is 981. The summed E-state index contributed by atoms with van der Waals surface area (Å²) in [4.78, 5) is 0. The minimum atomic E-state index is 0.468. The molecule has 0 saturated carbocycles. The van der Waals surface area contributed by atoms with E-state index in [0.717, 1.165) is 16.7 Å². The van der Waals surface area contributed by atoms with E-state index in [-0.39, 0.29) is 0 Å². The molecule has 2 aromatic heterocycles. The zero-order valence-electron chi connectivity index (χ0n) is 13.4. The first-order chi connectivity index (χ1) is 12.3. The van der Waals surface area contributed by atoms with E-state index in [4.69, 9.17) is 8.83 Å². The Hall–Kier alpha value is -2.93. The third-order valence-corrected chi connectivity index (χ3v) is 4.28. The van der Waals surface area contributed by atoms with Crippen molar-refractivity contribution in [2.24, 2.45) is 0 Å². The maximum atomic E-state index is 5.69. The van der Waals surface area contributed by atoms with Crippen molar-refractivity contribution in [1.82, 2.24) is 20.4 Å². The highest BCUT2D eigenvalue weighted by Gasteiger charge is 2.12. The van der Waals surface area contributed by atoms with Crippen LogP contribution in [0.5, 0.6) is 0 Å². The van der Waals surface area contributed by atoms with E-state index in [2.05, 4.69) is 20.4 Å². The minimum absolute atomic E-state index is 0.468. The number of thioether (sulfide) groups is 1. The summed E-state index contributed by atoms with van der Waals surface area (Å²) in [5.74, 6) is 1.98. The molecule has 25 heavy (non-hydrogen) atoms. The van der Waals surface area contributed by atoms with Crippen LogP contribution in [0.25, 0.3) is 22.9 Å². The SMILES string of the molecule is Cc1cccc(-c2nnc(SCc3nnc(-c4ccccc4)o3)o2)c1. The Morgan fingerprint density at radius 1 is 0.800 bits per heavy atom. The van der Waals surface area contributed by atoms with Crippen molar-refractivity contribution >= 4 is 11.8 Å². The summed E-state index contributed by atoms with van der Waals surface area (Å²) < 4.78 is 11.4. The fourth-order valence-corrected chi connectivity index (χ4v) is 2.90. The lowest BCUT2D eigenvalue weighted by Crippen LogP contribution is -1.80. The monoisotopic (exact) mass is 350 g/mol. The number of hydrogen-bond acceptors (Lipinski definition) is 7. The van der Waals surface area contributed by atoms with Gasteiger partial charge in [0.05, 0.1) is 5.75 Å². The highest BCUT2D eigenvalue weighted by atomic mass is 32.2. The summed E-state index contributed by atoms with van der Waals surface area (Å²) in [6, 6.07) is 17.6. The van der Waals surface area contributed by atoms with E-state index in [0.29, 0.717) is 28.6 Å². The lowest BCUT2D eigenvalue weighted by molar-refractivity contribution is 0.464. The number of nitrogens with zero attached hydrogens (tertiary/aromatic N) is 4. The standard InChI is InChI=1S/C18H14N4O2S/c1-12-6-5-9-14(10-12)17-21-22-18(24-17)25-11-15-19-20-16(23-15)13-7-3-2-4-8-13/h2-10H,11H2,1H3. The van der Waals surface area contributed by atoms with E-state index in [1.54, 1.807) is 0 Å². The molecule has 0 amide bonds. The fourth-order valence-electron chi connectivity index (χ4n) is 2.30. The fraction of sp³-hybridized carbons (Fsp3) is 0.111. The molecule has 6 nitrogen and oxygen atoms in total. The summed E-state index contributed by atoms with van der Waals surface area (Å²) in [6.45, 7) is 2.02. The van der Waals surface area contributed by atoms with Gasteiger partial charge in [0.1, 0.15) is 0 Å². The second kappa shape index (κ2) is 6.90. The number of aromatic nitrogens is 4. The van der Waals surface area contributed by atoms with E-state index in [9.17, 15) is 0 Å². The van der Waals surface area contributed by atoms with Crippen LogP contribution in [-0.4, -0.2) is 20.4 Å². The Kier molecular flexibility index (Phi) is 4.30. The van der Waals surface area contributed by atoms with Crippen molar-refractivity contribution in [2.75, 3.05) is 0 Å². The van der Waals surface area contributed by atoms with Gasteiger partial charge in [-0.15, -0.1) is 20.4 Å². The second-order valence-corrected chi connectivity index (χ2v) is 6.32. The Morgan fingerprint density at radius 3 is 2.40 bits per heavy atom. The van der Waals surface area contributed by atoms with Gasteiger partial charge in [-0.1, -0.05) is 47.7 Å². The zero-order chi connectivity index (χ0) is 17.1. The molecule has 0 spiro atoms. The van der Waals surface area contributed by atoms with Gasteiger partial charge in [0, 0.05) is 11.1 Å². The molecule has 0 aliphatic rings. The van der Waals surface area contributed by atoms with Crippen LogP contribution in [0.3, 0.4) is 0 Å². The summed E-state index contributed by atoms with van der Waals surface area (Å²) in [5.41, 5.74) is 2.94. The van der Waals surface area contributed by atoms with Gasteiger partial charge in [-0.2, -0.15) is 0 Å². The molecule has 4 rings (SSSR count). The topological polar surface area (TPSA) is 77.8 Å². The normalized spacial score (nSPS) is 10.9. The highest BCUT2D eigenvalue weighted by molar-refractivity contribution is 7.98. The number of benzene rings is 2. The molecule has 0 N–H and O–H groups in total. The van der Waals surface area contributed by atoms with Crippen molar-refractivity contribution in [3.63, 3.8) is 0 Å². The van der Waals surface area contributed by atoms with Gasteiger partial charge in [-0.05, 0) is 31.2 Å². The van der Waals surface area contributed by atoms with Gasteiger partial charge < -0.3 is 8.83 Å². The van der Waals surface area contributed by atoms with Crippen molar-refractivity contribution in [2.45, 2.75) is 17.9 Å². The maximum Gasteiger partial charge on any atom is 0.277 e. The van der Waals surface area contributed by atoms with Gasteiger partial charge in [-0.3, -0.25) is 0 Å². The highest BCUT2D eigenvalue weighted by Crippen LogP contribution is 2.26. The van der Waals surface area contributed by atoms with Crippen LogP contribution in [0.2, 0.25) is 0 Å². The predicted molar refractivity (Wildman–Crippen MR) is 93.8 cm³/mol. The molecule has 0 aliphatic heterocycles. The van der Waals surface area contributed by atoms with Crippen molar-refractivity contribution in [3.05, 3.63) is 66.1 Å². The van der Waals surface area contributed by atoms with Crippen molar-refractivity contribution in [3.8, 4) is 22.9 Å². The molecule has 0 bridgehead atoms. The first-order valence-corrected chi connectivity index (χ1v) is 8.67. The molecular weight excluding hydrogens is 336 g/mol. The van der Waals surface area contributed by atoms with E-state index in [1.807, 2.05) is 61.5 Å². The van der Waals surface area contributed by atoms with Crippen LogP contribution in [0, 0.1) is 6.92 Å². The molecule has 2 aromatic carbocycles. The van der Waals surface area contributed by atoms with Crippen LogP contribution >= 0.6 is 11.8 Å². The Balaban J connectivity index is 1.43. The van der Waals surface area contributed by atoms with Crippen LogP contribution in [0.1, 0.15) is 11.5 Å². The minimum Gasteiger partial charge on any atom is -0.420 e. The first-order valence-electron chi connectivity index (χ1n) is 7.69. The van der Waals surface area contributed by atoms with Crippen molar-refractivity contribution in [1.29, 1.82) is 0 Å². The van der Waals surface area contributed by atoms with Gasteiger partial charge in [0.15, 0.2) is 0 Å². The lowest BCUT2D eigenvalue weighted by atomic mass is 10.1. The molecule has 4 aromatic rings. The summed E-state index contributed by atoms with van der Waals surface area (Å²) >= 11 is 1.37. The molecule has 0 unspecified atom stereocenters. The quantitative estimate of drug-likeness (QED) is 0.494. The third kappa shape index (κ3) is 3.61. The van der Waals surface area contributed by atoms with Crippen LogP contribution in [-0.2, 0) is 5.75 Å². The largest absolute Gasteiger partial charge is 0.420 e. The van der Waals surface area contributed by atoms with Crippen molar-refractivity contribution < 1.29 is 8.83 Å². The third-order valence-electron chi connectivity index (χ3n) is 3.48. The Labute approximate surface area is 148 Å². The van der Waals surface area contributed by atoms with E-state index in [1.165, 1.54) is 11.8 Å². The van der Waals surface area contributed by atoms with Gasteiger partial charge in [0.25, 0.3) is 5.22 Å². The molecule has 0 radical (unpaired) electrons. The number of aryl methyl sites for hydroxylation is 1. The average Bonchev–Trinajstić information content (AvgIpc) is 3.30. The molecule has 0 aliphatic carbocycles. The molecule has 124 valence electrons. The lowest BCUT2D eigenvalue weighted by Gasteiger charge is -1.96. The van der Waals surface area contributed by atoms with E-state index >= 15 is 0 Å². The summed E-state index contributed by atoms with van der Waals surface area (Å²) in [7, 11) is 0. The van der Waals surface area contributed by atoms with Crippen LogP contribution < -0.4 is 0 Å². The molecule has 0 fully saturated rings. The van der Waals surface area contributed by atoms with Crippen LogP contribution in [0.4, 0.5) is 0 Å². The average molecular weight is 350 g/mol.